The Labute approximate surface area is 68.9 Å². The largest absolute Gasteiger partial charge is 0.481 e. The normalized spacial score (nSPS) is 9.18. The van der Waals surface area contributed by atoms with Crippen LogP contribution in [0.15, 0.2) is 0 Å². The van der Waals surface area contributed by atoms with Crippen LogP contribution in [0.4, 0.5) is 0 Å². The first-order valence-electron chi connectivity index (χ1n) is 3.03. The molecule has 0 unspecified atom stereocenters. The molecule has 0 aromatic carbocycles. The van der Waals surface area contributed by atoms with Gasteiger partial charge in [0.1, 0.15) is 0 Å². The van der Waals surface area contributed by atoms with E-state index in [2.05, 4.69) is 4.74 Å². The van der Waals surface area contributed by atoms with E-state index >= 15 is 0 Å². The molecule has 0 atom stereocenters. The number of hydrogen-bond donors (Lipinski definition) is 1. The van der Waals surface area contributed by atoms with E-state index in [0.29, 0.717) is 5.75 Å². The molecule has 11 heavy (non-hydrogen) atoms. The first-order valence-corrected chi connectivity index (χ1v) is 4.18. The van der Waals surface area contributed by atoms with Gasteiger partial charge in [-0.25, -0.2) is 0 Å². The van der Waals surface area contributed by atoms with Gasteiger partial charge in [0.2, 0.25) is 0 Å². The highest BCUT2D eigenvalue weighted by Crippen LogP contribution is 2.02. The number of rotatable bonds is 5. The summed E-state index contributed by atoms with van der Waals surface area (Å²) in [5.41, 5.74) is 0. The fourth-order valence-corrected chi connectivity index (χ4v) is 1.12. The molecule has 0 aliphatic heterocycles. The van der Waals surface area contributed by atoms with E-state index in [1.807, 2.05) is 0 Å². The van der Waals surface area contributed by atoms with Crippen molar-refractivity contribution in [2.24, 2.45) is 0 Å². The molecule has 0 aromatic heterocycles. The Morgan fingerprint density at radius 3 is 2.64 bits per heavy atom. The average Bonchev–Trinajstić information content (AvgIpc) is 1.97. The van der Waals surface area contributed by atoms with Crippen molar-refractivity contribution in [3.8, 4) is 0 Å². The lowest BCUT2D eigenvalue weighted by Crippen LogP contribution is -2.05. The zero-order valence-corrected chi connectivity index (χ0v) is 7.02. The number of esters is 1. The Kier molecular flexibility index (Phi) is 5.64. The number of hydrogen-bond acceptors (Lipinski definition) is 4. The third kappa shape index (κ3) is 7.18. The van der Waals surface area contributed by atoms with E-state index in [1.54, 1.807) is 0 Å². The number of carbonyl (C=O) groups is 2. The molecule has 0 bridgehead atoms. The van der Waals surface area contributed by atoms with Crippen molar-refractivity contribution in [1.82, 2.24) is 0 Å². The molecule has 0 heterocycles. The molecular formula is C6H10O4S. The highest BCUT2D eigenvalue weighted by atomic mass is 32.2. The second-order valence-corrected chi connectivity index (χ2v) is 2.88. The Morgan fingerprint density at radius 2 is 2.18 bits per heavy atom. The van der Waals surface area contributed by atoms with Crippen molar-refractivity contribution in [3.63, 3.8) is 0 Å². The fourth-order valence-electron chi connectivity index (χ4n) is 0.374. The van der Waals surface area contributed by atoms with Crippen LogP contribution in [0.1, 0.15) is 6.42 Å². The lowest BCUT2D eigenvalue weighted by Gasteiger charge is -1.96. The van der Waals surface area contributed by atoms with Crippen LogP contribution >= 0.6 is 11.8 Å². The molecule has 0 amide bonds. The first kappa shape index (κ1) is 10.3. The molecule has 0 aliphatic rings. The van der Waals surface area contributed by atoms with Gasteiger partial charge in [-0.2, -0.15) is 0 Å². The van der Waals surface area contributed by atoms with Gasteiger partial charge in [-0.05, 0) is 0 Å². The van der Waals surface area contributed by atoms with Crippen molar-refractivity contribution in [2.45, 2.75) is 6.42 Å². The molecule has 0 rings (SSSR count). The van der Waals surface area contributed by atoms with E-state index in [4.69, 9.17) is 5.11 Å². The third-order valence-corrected chi connectivity index (χ3v) is 1.84. The summed E-state index contributed by atoms with van der Waals surface area (Å²) in [6.45, 7) is 0. The van der Waals surface area contributed by atoms with Gasteiger partial charge in [0.25, 0.3) is 0 Å². The molecule has 0 fully saturated rings. The van der Waals surface area contributed by atoms with Crippen molar-refractivity contribution in [3.05, 3.63) is 0 Å². The van der Waals surface area contributed by atoms with Crippen LogP contribution in [0.25, 0.3) is 0 Å². The monoisotopic (exact) mass is 178 g/mol. The third-order valence-electron chi connectivity index (χ3n) is 0.908. The zero-order valence-electron chi connectivity index (χ0n) is 6.20. The summed E-state index contributed by atoms with van der Waals surface area (Å²) < 4.78 is 4.35. The van der Waals surface area contributed by atoms with Crippen LogP contribution in [-0.4, -0.2) is 35.7 Å². The first-order chi connectivity index (χ1) is 5.16. The predicted molar refractivity (Wildman–Crippen MR) is 41.6 cm³/mol. The van der Waals surface area contributed by atoms with E-state index in [-0.39, 0.29) is 18.1 Å². The second kappa shape index (κ2) is 6.03. The summed E-state index contributed by atoms with van der Waals surface area (Å²) in [7, 11) is 1.31. The smallest absolute Gasteiger partial charge is 0.315 e. The summed E-state index contributed by atoms with van der Waals surface area (Å²) >= 11 is 1.26. The zero-order chi connectivity index (χ0) is 8.69. The van der Waals surface area contributed by atoms with E-state index in [1.165, 1.54) is 18.9 Å². The van der Waals surface area contributed by atoms with Gasteiger partial charge < -0.3 is 9.84 Å². The lowest BCUT2D eigenvalue weighted by molar-refractivity contribution is -0.138. The van der Waals surface area contributed by atoms with Gasteiger partial charge in [0.15, 0.2) is 0 Å². The molecule has 0 saturated heterocycles. The van der Waals surface area contributed by atoms with Crippen molar-refractivity contribution in [1.29, 1.82) is 0 Å². The van der Waals surface area contributed by atoms with E-state index in [0.717, 1.165) is 0 Å². The van der Waals surface area contributed by atoms with Gasteiger partial charge in [0, 0.05) is 5.75 Å². The summed E-state index contributed by atoms with van der Waals surface area (Å²) in [6, 6.07) is 0. The minimum atomic E-state index is -0.845. The maximum Gasteiger partial charge on any atom is 0.315 e. The molecule has 5 heteroatoms. The maximum atomic E-state index is 10.5. The number of carboxylic acid groups (broad SMARTS) is 1. The van der Waals surface area contributed by atoms with Gasteiger partial charge in [-0.3, -0.25) is 9.59 Å². The van der Waals surface area contributed by atoms with Crippen molar-refractivity contribution >= 4 is 23.7 Å². The highest BCUT2D eigenvalue weighted by molar-refractivity contribution is 7.99. The number of carboxylic acids is 1. The molecule has 0 aromatic rings. The average molecular weight is 178 g/mol. The van der Waals surface area contributed by atoms with Crippen LogP contribution in [-0.2, 0) is 14.3 Å². The summed E-state index contributed by atoms with van der Waals surface area (Å²) in [5.74, 6) is -0.489. The molecule has 1 N–H and O–H groups in total. The molecule has 0 radical (unpaired) electrons. The van der Waals surface area contributed by atoms with Crippen LogP contribution in [0.2, 0.25) is 0 Å². The van der Waals surface area contributed by atoms with Crippen LogP contribution < -0.4 is 0 Å². The van der Waals surface area contributed by atoms with E-state index < -0.39 is 5.97 Å². The summed E-state index contributed by atoms with van der Waals surface area (Å²) in [4.78, 5) is 20.5. The van der Waals surface area contributed by atoms with E-state index in [9.17, 15) is 9.59 Å². The minimum absolute atomic E-state index is 0.0850. The molecular weight excluding hydrogens is 168 g/mol. The molecule has 0 aliphatic carbocycles. The number of aliphatic carboxylic acids is 1. The topological polar surface area (TPSA) is 63.6 Å². The number of thioether (sulfide) groups is 1. The van der Waals surface area contributed by atoms with Crippen molar-refractivity contribution < 1.29 is 19.4 Å². The summed E-state index contributed by atoms with van der Waals surface area (Å²) in [5, 5.41) is 8.21. The van der Waals surface area contributed by atoms with Crippen LogP contribution in [0.5, 0.6) is 0 Å². The second-order valence-electron chi connectivity index (χ2n) is 1.77. The maximum absolute atomic E-state index is 10.5. The molecule has 4 nitrogen and oxygen atoms in total. The highest BCUT2D eigenvalue weighted by Gasteiger charge is 2.01. The number of ether oxygens (including phenoxy) is 1. The SMILES string of the molecule is COC(=O)CSCCC(=O)O. The molecule has 0 saturated carbocycles. The number of carbonyl (C=O) groups excluding carboxylic acids is 1. The van der Waals surface area contributed by atoms with Gasteiger partial charge >= 0.3 is 11.9 Å². The fraction of sp³-hybridized carbons (Fsp3) is 0.667. The Bertz CT molecular complexity index is 146. The lowest BCUT2D eigenvalue weighted by atomic mass is 10.5. The van der Waals surface area contributed by atoms with Crippen LogP contribution in [0.3, 0.4) is 0 Å². The number of methoxy groups -OCH3 is 1. The van der Waals surface area contributed by atoms with Gasteiger partial charge in [0.05, 0.1) is 19.3 Å². The molecule has 0 spiro atoms. The van der Waals surface area contributed by atoms with Crippen LogP contribution in [0, 0.1) is 0 Å². The quantitative estimate of drug-likeness (QED) is 0.486. The Hall–Kier alpha value is -0.710. The Balaban J connectivity index is 3.14. The predicted octanol–water partition coefficient (Wildman–Crippen LogP) is 0.367. The Morgan fingerprint density at radius 1 is 1.55 bits per heavy atom. The van der Waals surface area contributed by atoms with Gasteiger partial charge in [-0.15, -0.1) is 11.8 Å². The summed E-state index contributed by atoms with van der Waals surface area (Å²) in [6.07, 6.45) is 0.0850. The standard InChI is InChI=1S/C6H10O4S/c1-10-6(9)4-11-3-2-5(7)8/h2-4H2,1H3,(H,7,8). The molecule has 64 valence electrons. The van der Waals surface area contributed by atoms with Crippen molar-refractivity contribution in [2.75, 3.05) is 18.6 Å². The van der Waals surface area contributed by atoms with Gasteiger partial charge in [-0.1, -0.05) is 0 Å². The minimum Gasteiger partial charge on any atom is -0.481 e.